The van der Waals surface area contributed by atoms with Crippen molar-refractivity contribution in [2.75, 3.05) is 0 Å². The molecule has 5 heteroatoms. The summed E-state index contributed by atoms with van der Waals surface area (Å²) in [5.74, 6) is 0.751. The second-order valence-electron chi connectivity index (χ2n) is 4.25. The number of aromatic nitrogens is 3. The first-order valence-corrected chi connectivity index (χ1v) is 5.75. The maximum Gasteiger partial charge on any atom is 0.247 e. The van der Waals surface area contributed by atoms with Gasteiger partial charge >= 0.3 is 0 Å². The summed E-state index contributed by atoms with van der Waals surface area (Å²) in [6.45, 7) is 0. The fourth-order valence-corrected chi connectivity index (χ4v) is 2.08. The molecule has 0 bridgehead atoms. The summed E-state index contributed by atoms with van der Waals surface area (Å²) in [4.78, 5) is 18.2. The monoisotopic (exact) mass is 250 g/mol. The van der Waals surface area contributed by atoms with E-state index >= 15 is 0 Å². The number of imidazole rings is 1. The van der Waals surface area contributed by atoms with E-state index in [0.29, 0.717) is 5.56 Å². The number of nitriles is 1. The van der Waals surface area contributed by atoms with Gasteiger partial charge in [-0.25, -0.2) is 4.98 Å². The Morgan fingerprint density at radius 2 is 2.16 bits per heavy atom. The molecule has 3 aromatic rings. The number of nitrogens with zero attached hydrogens (tertiary/aromatic N) is 3. The van der Waals surface area contributed by atoms with Crippen LogP contribution in [0, 0.1) is 11.3 Å². The minimum atomic E-state index is -0.144. The topological polar surface area (TPSA) is 74.5 Å². The number of nitrogens with one attached hydrogen (secondary N) is 1. The van der Waals surface area contributed by atoms with E-state index in [1.165, 1.54) is 6.07 Å². The molecule has 0 radical (unpaired) electrons. The normalized spacial score (nSPS) is 10.5. The molecule has 0 aliphatic heterocycles. The Morgan fingerprint density at radius 3 is 2.84 bits per heavy atom. The van der Waals surface area contributed by atoms with Gasteiger partial charge in [0.05, 0.1) is 22.7 Å². The number of hydrogen-bond donors (Lipinski definition) is 1. The maximum atomic E-state index is 11.1. The van der Waals surface area contributed by atoms with Gasteiger partial charge in [0, 0.05) is 24.9 Å². The van der Waals surface area contributed by atoms with Crippen LogP contribution in [0.25, 0.3) is 22.4 Å². The third-order valence-electron chi connectivity index (χ3n) is 3.05. The average molecular weight is 250 g/mol. The summed E-state index contributed by atoms with van der Waals surface area (Å²) in [7, 11) is 1.90. The highest BCUT2D eigenvalue weighted by molar-refractivity contribution is 5.81. The second kappa shape index (κ2) is 4.10. The number of aryl methyl sites for hydroxylation is 1. The van der Waals surface area contributed by atoms with E-state index in [4.69, 9.17) is 5.26 Å². The average Bonchev–Trinajstić information content (AvgIpc) is 2.76. The van der Waals surface area contributed by atoms with Gasteiger partial charge in [-0.1, -0.05) is 0 Å². The second-order valence-corrected chi connectivity index (χ2v) is 4.25. The van der Waals surface area contributed by atoms with Crippen molar-refractivity contribution in [3.05, 3.63) is 52.4 Å². The number of aromatic amines is 1. The van der Waals surface area contributed by atoms with E-state index in [-0.39, 0.29) is 5.56 Å². The molecule has 0 atom stereocenters. The molecule has 2 heterocycles. The van der Waals surface area contributed by atoms with E-state index < -0.39 is 0 Å². The Kier molecular flexibility index (Phi) is 2.43. The Balaban J connectivity index is 2.25. The zero-order valence-corrected chi connectivity index (χ0v) is 10.2. The van der Waals surface area contributed by atoms with Crippen molar-refractivity contribution >= 4 is 11.0 Å². The molecular formula is C14H10N4O. The van der Waals surface area contributed by atoms with Crippen molar-refractivity contribution in [3.8, 4) is 17.5 Å². The van der Waals surface area contributed by atoms with Gasteiger partial charge in [-0.2, -0.15) is 5.26 Å². The van der Waals surface area contributed by atoms with Gasteiger partial charge < -0.3 is 9.55 Å². The van der Waals surface area contributed by atoms with Crippen molar-refractivity contribution in [2.24, 2.45) is 7.05 Å². The summed E-state index contributed by atoms with van der Waals surface area (Å²) in [6, 6.07) is 10.7. The molecule has 92 valence electrons. The van der Waals surface area contributed by atoms with Crippen molar-refractivity contribution in [3.63, 3.8) is 0 Å². The molecule has 0 saturated carbocycles. The molecule has 3 rings (SSSR count). The summed E-state index contributed by atoms with van der Waals surface area (Å²) in [5.41, 5.74) is 2.98. The van der Waals surface area contributed by atoms with Gasteiger partial charge in [-0.05, 0) is 24.3 Å². The first-order valence-electron chi connectivity index (χ1n) is 5.75. The molecule has 0 spiro atoms. The molecule has 0 aliphatic rings. The van der Waals surface area contributed by atoms with Crippen molar-refractivity contribution in [2.45, 2.75) is 0 Å². The first-order chi connectivity index (χ1) is 9.19. The molecule has 0 unspecified atom stereocenters. The molecule has 0 amide bonds. The van der Waals surface area contributed by atoms with Gasteiger partial charge in [0.15, 0.2) is 0 Å². The third kappa shape index (κ3) is 1.79. The highest BCUT2D eigenvalue weighted by Gasteiger charge is 2.10. The molecule has 0 saturated heterocycles. The number of rotatable bonds is 1. The number of benzene rings is 1. The quantitative estimate of drug-likeness (QED) is 0.715. The van der Waals surface area contributed by atoms with E-state index in [9.17, 15) is 4.79 Å². The van der Waals surface area contributed by atoms with E-state index in [0.717, 1.165) is 22.4 Å². The van der Waals surface area contributed by atoms with Crippen LogP contribution in [0.15, 0.2) is 41.3 Å². The molecule has 19 heavy (non-hydrogen) atoms. The van der Waals surface area contributed by atoms with Crippen molar-refractivity contribution in [1.29, 1.82) is 5.26 Å². The van der Waals surface area contributed by atoms with Gasteiger partial charge in [-0.3, -0.25) is 4.79 Å². The van der Waals surface area contributed by atoms with Gasteiger partial charge in [0.2, 0.25) is 5.56 Å². The van der Waals surface area contributed by atoms with Crippen LogP contribution in [-0.4, -0.2) is 14.5 Å². The van der Waals surface area contributed by atoms with Crippen LogP contribution in [0.1, 0.15) is 5.56 Å². The van der Waals surface area contributed by atoms with E-state index in [1.54, 1.807) is 24.4 Å². The van der Waals surface area contributed by atoms with Gasteiger partial charge in [0.1, 0.15) is 5.82 Å². The fraction of sp³-hybridized carbons (Fsp3) is 0.0714. The van der Waals surface area contributed by atoms with Gasteiger partial charge in [0.25, 0.3) is 0 Å². The Morgan fingerprint density at radius 1 is 1.32 bits per heavy atom. The molecule has 1 aromatic carbocycles. The van der Waals surface area contributed by atoms with Crippen LogP contribution in [0.3, 0.4) is 0 Å². The number of H-pyrrole nitrogens is 1. The number of fused-ring (bicyclic) bond motifs is 1. The number of pyridine rings is 1. The zero-order chi connectivity index (χ0) is 13.4. The molecule has 5 nitrogen and oxygen atoms in total. The highest BCUT2D eigenvalue weighted by Crippen LogP contribution is 2.23. The third-order valence-corrected chi connectivity index (χ3v) is 3.05. The smallest absolute Gasteiger partial charge is 0.247 e. The van der Waals surface area contributed by atoms with Crippen LogP contribution in [0.2, 0.25) is 0 Å². The first kappa shape index (κ1) is 11.2. The zero-order valence-electron chi connectivity index (χ0n) is 10.2. The van der Waals surface area contributed by atoms with Crippen LogP contribution < -0.4 is 5.56 Å². The summed E-state index contributed by atoms with van der Waals surface area (Å²) < 4.78 is 1.93. The summed E-state index contributed by atoms with van der Waals surface area (Å²) >= 11 is 0. The van der Waals surface area contributed by atoms with Crippen molar-refractivity contribution in [1.82, 2.24) is 14.5 Å². The molecule has 0 fully saturated rings. The lowest BCUT2D eigenvalue weighted by Gasteiger charge is -2.01. The highest BCUT2D eigenvalue weighted by atomic mass is 16.1. The SMILES string of the molecule is Cn1c(-c2ccc(=O)[nH]c2)nc2cc(C#N)ccc21. The van der Waals surface area contributed by atoms with Crippen LogP contribution in [0.5, 0.6) is 0 Å². The predicted molar refractivity (Wildman–Crippen MR) is 71.5 cm³/mol. The molecule has 1 N–H and O–H groups in total. The summed E-state index contributed by atoms with van der Waals surface area (Å²) in [5, 5.41) is 8.90. The molecular weight excluding hydrogens is 240 g/mol. The molecule has 0 aliphatic carbocycles. The number of hydrogen-bond acceptors (Lipinski definition) is 3. The lowest BCUT2D eigenvalue weighted by molar-refractivity contribution is 0.957. The Labute approximate surface area is 108 Å². The Bertz CT molecular complexity index is 847. The van der Waals surface area contributed by atoms with Crippen LogP contribution >= 0.6 is 0 Å². The van der Waals surface area contributed by atoms with Crippen LogP contribution in [0.4, 0.5) is 0 Å². The summed E-state index contributed by atoms with van der Waals surface area (Å²) in [6.07, 6.45) is 1.63. The van der Waals surface area contributed by atoms with Crippen molar-refractivity contribution < 1.29 is 0 Å². The van der Waals surface area contributed by atoms with E-state index in [2.05, 4.69) is 16.0 Å². The largest absolute Gasteiger partial charge is 0.328 e. The lowest BCUT2D eigenvalue weighted by Crippen LogP contribution is -2.02. The fourth-order valence-electron chi connectivity index (χ4n) is 2.08. The minimum Gasteiger partial charge on any atom is -0.328 e. The molecule has 2 aromatic heterocycles. The minimum absolute atomic E-state index is 0.144. The lowest BCUT2D eigenvalue weighted by atomic mass is 10.2. The Hall–Kier alpha value is -2.87. The predicted octanol–water partition coefficient (Wildman–Crippen LogP) is 1.80. The van der Waals surface area contributed by atoms with Gasteiger partial charge in [-0.15, -0.1) is 0 Å². The standard InChI is InChI=1S/C14H10N4O/c1-18-12-4-2-9(7-15)6-11(12)17-14(18)10-3-5-13(19)16-8-10/h2-6,8H,1H3,(H,16,19). The van der Waals surface area contributed by atoms with E-state index in [1.807, 2.05) is 17.7 Å². The maximum absolute atomic E-state index is 11.1. The van der Waals surface area contributed by atoms with Crippen LogP contribution in [-0.2, 0) is 7.05 Å².